The van der Waals surface area contributed by atoms with Gasteiger partial charge in [-0.05, 0) is 48.2 Å². The second kappa shape index (κ2) is 12.2. The average molecular weight is 565 g/mol. The van der Waals surface area contributed by atoms with Crippen molar-refractivity contribution in [3.63, 3.8) is 0 Å². The summed E-state index contributed by atoms with van der Waals surface area (Å²) in [5.41, 5.74) is 6.22. The fourth-order valence-corrected chi connectivity index (χ4v) is 4.93. The molecule has 1 heterocycles. The second-order valence-corrected chi connectivity index (χ2v) is 10.0. The van der Waals surface area contributed by atoms with Crippen LogP contribution in [0, 0.1) is 0 Å². The summed E-state index contributed by atoms with van der Waals surface area (Å²) in [5.74, 6) is -0.499. The number of amides is 2. The summed E-state index contributed by atoms with van der Waals surface area (Å²) >= 11 is 6.10. The lowest BCUT2D eigenvalue weighted by Gasteiger charge is -2.37. The Balaban J connectivity index is 1.81. The molecule has 1 saturated carbocycles. The van der Waals surface area contributed by atoms with Gasteiger partial charge in [0.2, 0.25) is 0 Å². The number of carbonyl (C=O) groups is 1. The topological polar surface area (TPSA) is 89.3 Å². The van der Waals surface area contributed by atoms with Gasteiger partial charge in [-0.2, -0.15) is 17.6 Å². The predicted molar refractivity (Wildman–Crippen MR) is 140 cm³/mol. The molecule has 0 aliphatic heterocycles. The van der Waals surface area contributed by atoms with Gasteiger partial charge in [-0.3, -0.25) is 4.98 Å². The van der Waals surface area contributed by atoms with Crippen LogP contribution < -0.4 is 21.1 Å². The monoisotopic (exact) mass is 564 g/mol. The van der Waals surface area contributed by atoms with Gasteiger partial charge in [0.25, 0.3) is 0 Å². The number of nitrogens with one attached hydrogen (secondary N) is 2. The fourth-order valence-electron chi connectivity index (χ4n) is 4.81. The van der Waals surface area contributed by atoms with Gasteiger partial charge in [-0.15, -0.1) is 0 Å². The molecule has 1 fully saturated rings. The molecule has 208 valence electrons. The second-order valence-electron chi connectivity index (χ2n) is 9.58. The number of hydrogen-bond donors (Lipinski definition) is 3. The molecule has 39 heavy (non-hydrogen) atoms. The number of aromatic nitrogens is 1. The highest BCUT2D eigenvalue weighted by Gasteiger charge is 2.45. The minimum Gasteiger partial charge on any atom is -0.428 e. The van der Waals surface area contributed by atoms with E-state index in [1.807, 2.05) is 30.3 Å². The minimum atomic E-state index is -4.71. The van der Waals surface area contributed by atoms with Gasteiger partial charge >= 0.3 is 18.6 Å². The van der Waals surface area contributed by atoms with Crippen LogP contribution in [0.4, 0.5) is 22.4 Å². The zero-order valence-electron chi connectivity index (χ0n) is 20.9. The van der Waals surface area contributed by atoms with Gasteiger partial charge in [0, 0.05) is 24.7 Å². The number of benzene rings is 2. The Labute approximate surface area is 228 Å². The number of carbonyl (C=O) groups excluding carboxylic acids is 1. The molecular weight excluding hydrogens is 536 g/mol. The highest BCUT2D eigenvalue weighted by atomic mass is 35.5. The minimum absolute atomic E-state index is 0.140. The summed E-state index contributed by atoms with van der Waals surface area (Å²) < 4.78 is 57.7. The zero-order valence-corrected chi connectivity index (χ0v) is 21.7. The van der Waals surface area contributed by atoms with Gasteiger partial charge in [-0.1, -0.05) is 66.9 Å². The number of nitrogens with zero attached hydrogens (tertiary/aromatic N) is 1. The maximum absolute atomic E-state index is 13.8. The van der Waals surface area contributed by atoms with E-state index in [9.17, 15) is 22.4 Å². The van der Waals surface area contributed by atoms with Crippen LogP contribution in [0.3, 0.4) is 0 Å². The van der Waals surface area contributed by atoms with E-state index in [4.69, 9.17) is 17.3 Å². The molecule has 0 unspecified atom stereocenters. The van der Waals surface area contributed by atoms with Gasteiger partial charge in [0.05, 0.1) is 10.7 Å². The maximum Gasteiger partial charge on any atom is 0.461 e. The summed E-state index contributed by atoms with van der Waals surface area (Å²) in [7, 11) is 0. The Bertz CT molecular complexity index is 1250. The molecule has 6 nitrogen and oxygen atoms in total. The highest BCUT2D eigenvalue weighted by Crippen LogP contribution is 2.36. The molecule has 0 spiro atoms. The molecule has 1 aliphatic carbocycles. The number of nitrogens with two attached hydrogens (primary N) is 1. The van der Waals surface area contributed by atoms with E-state index in [2.05, 4.69) is 20.4 Å². The summed E-state index contributed by atoms with van der Waals surface area (Å²) in [6, 6.07) is 16.6. The predicted octanol–water partition coefficient (Wildman–Crippen LogP) is 6.03. The SMILES string of the molecule is N[C@H]1CCCC[C@@H]1NC(=O)N[C@@](Cc1ccccc1)(c1cccc(OC(F)(F)C(F)F)c1)c1ccc(Cl)cn1. The van der Waals surface area contributed by atoms with Gasteiger partial charge in [0.1, 0.15) is 11.3 Å². The molecule has 1 aliphatic rings. The number of hydrogen-bond acceptors (Lipinski definition) is 4. The summed E-state index contributed by atoms with van der Waals surface area (Å²) in [6.45, 7) is 0. The number of ether oxygens (including phenoxy) is 1. The van der Waals surface area contributed by atoms with E-state index in [1.165, 1.54) is 18.3 Å². The van der Waals surface area contributed by atoms with Crippen LogP contribution in [-0.4, -0.2) is 35.6 Å². The van der Waals surface area contributed by atoms with Crippen molar-refractivity contribution in [1.82, 2.24) is 15.6 Å². The lowest BCUT2D eigenvalue weighted by molar-refractivity contribution is -0.253. The van der Waals surface area contributed by atoms with E-state index in [-0.39, 0.29) is 24.1 Å². The lowest BCUT2D eigenvalue weighted by Crippen LogP contribution is -2.57. The van der Waals surface area contributed by atoms with Crippen LogP contribution in [-0.2, 0) is 12.0 Å². The number of urea groups is 1. The molecular formula is C28H29ClF4N4O2. The van der Waals surface area contributed by atoms with E-state index >= 15 is 0 Å². The van der Waals surface area contributed by atoms with Gasteiger partial charge in [0.15, 0.2) is 0 Å². The largest absolute Gasteiger partial charge is 0.461 e. The van der Waals surface area contributed by atoms with Crippen molar-refractivity contribution in [1.29, 1.82) is 0 Å². The van der Waals surface area contributed by atoms with Crippen molar-refractivity contribution in [2.45, 2.75) is 62.3 Å². The molecule has 3 atom stereocenters. The first kappa shape index (κ1) is 28.6. The first-order chi connectivity index (χ1) is 18.6. The normalized spacial score (nSPS) is 19.3. The Morgan fingerprint density at radius 3 is 2.49 bits per heavy atom. The van der Waals surface area contributed by atoms with E-state index in [1.54, 1.807) is 18.2 Å². The standard InChI is InChI=1S/C28H29ClF4N4O2/c29-20-13-14-24(35-17-20)27(16-18-7-2-1-3-8-18,37-26(38)36-23-12-5-4-11-22(23)34)19-9-6-10-21(15-19)39-28(32,33)25(30)31/h1-3,6-10,13-15,17,22-23,25H,4-5,11-12,16,34H2,(H2,36,37,38)/t22-,23-,27-/m0/s1. The van der Waals surface area contributed by atoms with Crippen LogP contribution in [0.15, 0.2) is 72.9 Å². The molecule has 2 amide bonds. The Morgan fingerprint density at radius 1 is 1.08 bits per heavy atom. The number of halogens is 5. The van der Waals surface area contributed by atoms with Crippen LogP contribution in [0.25, 0.3) is 0 Å². The number of rotatable bonds is 9. The van der Waals surface area contributed by atoms with Gasteiger partial charge in [-0.25, -0.2) is 4.79 Å². The van der Waals surface area contributed by atoms with Crippen LogP contribution in [0.2, 0.25) is 5.02 Å². The van der Waals surface area contributed by atoms with E-state index in [0.717, 1.165) is 30.9 Å². The molecule has 1 aromatic heterocycles. The first-order valence-corrected chi connectivity index (χ1v) is 12.9. The number of pyridine rings is 1. The summed E-state index contributed by atoms with van der Waals surface area (Å²) in [6.07, 6.45) is -3.81. The summed E-state index contributed by atoms with van der Waals surface area (Å²) in [4.78, 5) is 18.0. The molecule has 0 saturated heterocycles. The number of alkyl halides is 4. The molecule has 11 heteroatoms. The molecule has 4 N–H and O–H groups in total. The van der Waals surface area contributed by atoms with Crippen molar-refractivity contribution in [2.75, 3.05) is 0 Å². The van der Waals surface area contributed by atoms with Crippen LogP contribution >= 0.6 is 11.6 Å². The molecule has 3 aromatic rings. The molecule has 0 bridgehead atoms. The van der Waals surface area contributed by atoms with Crippen molar-refractivity contribution < 1.29 is 27.1 Å². The third kappa shape index (κ3) is 6.99. The molecule has 0 radical (unpaired) electrons. The highest BCUT2D eigenvalue weighted by molar-refractivity contribution is 6.30. The van der Waals surface area contributed by atoms with E-state index in [0.29, 0.717) is 17.1 Å². The van der Waals surface area contributed by atoms with Crippen LogP contribution in [0.1, 0.15) is 42.5 Å². The zero-order chi connectivity index (χ0) is 28.0. The maximum atomic E-state index is 13.8. The Morgan fingerprint density at radius 2 is 1.82 bits per heavy atom. The third-order valence-corrected chi connectivity index (χ3v) is 7.00. The molecule has 4 rings (SSSR count). The average Bonchev–Trinajstić information content (AvgIpc) is 2.90. The van der Waals surface area contributed by atoms with Crippen molar-refractivity contribution in [3.05, 3.63) is 94.8 Å². The van der Waals surface area contributed by atoms with Gasteiger partial charge < -0.3 is 21.1 Å². The van der Waals surface area contributed by atoms with Crippen molar-refractivity contribution in [3.8, 4) is 5.75 Å². The Hall–Kier alpha value is -3.37. The van der Waals surface area contributed by atoms with Crippen LogP contribution in [0.5, 0.6) is 5.75 Å². The van der Waals surface area contributed by atoms with Crippen molar-refractivity contribution in [2.24, 2.45) is 5.73 Å². The fraction of sp³-hybridized carbons (Fsp3) is 0.357. The quantitative estimate of drug-likeness (QED) is 0.277. The van der Waals surface area contributed by atoms with E-state index < -0.39 is 29.9 Å². The smallest absolute Gasteiger partial charge is 0.428 e. The van der Waals surface area contributed by atoms with Crippen molar-refractivity contribution >= 4 is 17.6 Å². The molecule has 2 aromatic carbocycles. The summed E-state index contributed by atoms with van der Waals surface area (Å²) in [5, 5.41) is 6.30. The third-order valence-electron chi connectivity index (χ3n) is 6.77. The lowest BCUT2D eigenvalue weighted by atomic mass is 9.80. The first-order valence-electron chi connectivity index (χ1n) is 12.5. The Kier molecular flexibility index (Phi) is 8.97.